The summed E-state index contributed by atoms with van der Waals surface area (Å²) in [5, 5.41) is 0. The number of hydrogen-bond donors (Lipinski definition) is 0. The Morgan fingerprint density at radius 2 is 1.03 bits per heavy atom. The Balaban J connectivity index is 1.66. The molecule has 0 spiro atoms. The number of hydrogen-bond acceptors (Lipinski definition) is 2. The Kier molecular flexibility index (Phi) is 8.17. The smallest absolute Gasteiger partial charge is 0.207 e. The van der Waals surface area contributed by atoms with Gasteiger partial charge >= 0.3 is 0 Å². The van der Waals surface area contributed by atoms with Crippen molar-refractivity contribution in [2.45, 2.75) is 51.4 Å². The van der Waals surface area contributed by atoms with Crippen LogP contribution in [0.1, 0.15) is 67.4 Å². The van der Waals surface area contributed by atoms with Gasteiger partial charge in [0.1, 0.15) is 11.9 Å². The Morgan fingerprint density at radius 1 is 0.559 bits per heavy atom. The van der Waals surface area contributed by atoms with Gasteiger partial charge < -0.3 is 9.47 Å². The fraction of sp³-hybridized carbons (Fsp3) is 0.250. The molecule has 0 aromatic heterocycles. The van der Waals surface area contributed by atoms with Gasteiger partial charge in [-0.2, -0.15) is 0 Å². The van der Waals surface area contributed by atoms with Gasteiger partial charge in [-0.3, -0.25) is 0 Å². The van der Waals surface area contributed by atoms with Crippen LogP contribution in [0.4, 0.5) is 0 Å². The fourth-order valence-corrected chi connectivity index (χ4v) is 4.15. The summed E-state index contributed by atoms with van der Waals surface area (Å²) in [5.41, 5.74) is 4.72. The second-order valence-electron chi connectivity index (χ2n) is 8.90. The molecule has 4 aromatic carbocycles. The highest BCUT2D eigenvalue weighted by atomic mass is 16.7. The largest absolute Gasteiger partial charge is 0.464 e. The van der Waals surface area contributed by atoms with Crippen molar-refractivity contribution in [1.82, 2.24) is 0 Å². The third kappa shape index (κ3) is 5.95. The van der Waals surface area contributed by atoms with Crippen molar-refractivity contribution in [2.24, 2.45) is 0 Å². The summed E-state index contributed by atoms with van der Waals surface area (Å²) in [4.78, 5) is 0. The first kappa shape index (κ1) is 23.8. The molecule has 0 bridgehead atoms. The van der Waals surface area contributed by atoms with Crippen molar-refractivity contribution in [1.29, 1.82) is 0 Å². The van der Waals surface area contributed by atoms with Crippen LogP contribution in [0, 0.1) is 0 Å². The maximum absolute atomic E-state index is 6.82. The normalized spacial score (nSPS) is 13.9. The molecule has 0 saturated carbocycles. The van der Waals surface area contributed by atoms with E-state index >= 15 is 0 Å². The van der Waals surface area contributed by atoms with E-state index in [-0.39, 0.29) is 12.0 Å². The topological polar surface area (TPSA) is 18.5 Å². The highest BCUT2D eigenvalue weighted by molar-refractivity contribution is 5.32. The second kappa shape index (κ2) is 11.7. The number of ether oxygens (including phenoxy) is 2. The van der Waals surface area contributed by atoms with E-state index in [0.717, 1.165) is 23.3 Å². The summed E-state index contributed by atoms with van der Waals surface area (Å²) in [6, 6.07) is 39.6. The van der Waals surface area contributed by atoms with Crippen molar-refractivity contribution in [2.75, 3.05) is 0 Å². The Bertz CT molecular complexity index is 1070. The van der Waals surface area contributed by atoms with Gasteiger partial charge in [0.15, 0.2) is 0 Å². The van der Waals surface area contributed by atoms with Crippen molar-refractivity contribution in [3.63, 3.8) is 0 Å². The molecule has 4 rings (SSSR count). The molecular formula is C32H34O2. The number of rotatable bonds is 10. The summed E-state index contributed by atoms with van der Waals surface area (Å²) in [6.45, 7) is 6.64. The molecule has 3 unspecified atom stereocenters. The molecular weight excluding hydrogens is 416 g/mol. The van der Waals surface area contributed by atoms with Gasteiger partial charge in [-0.1, -0.05) is 124 Å². The minimum Gasteiger partial charge on any atom is -0.464 e. The lowest BCUT2D eigenvalue weighted by Crippen LogP contribution is -2.29. The molecule has 0 N–H and O–H groups in total. The van der Waals surface area contributed by atoms with Gasteiger partial charge in [0, 0.05) is 5.92 Å². The zero-order chi connectivity index (χ0) is 23.8. The highest BCUT2D eigenvalue weighted by Gasteiger charge is 2.27. The summed E-state index contributed by atoms with van der Waals surface area (Å²) in [5.74, 6) is 1.38. The molecule has 2 nitrogen and oxygen atoms in total. The van der Waals surface area contributed by atoms with Crippen LogP contribution in [0.15, 0.2) is 115 Å². The molecule has 4 aromatic rings. The van der Waals surface area contributed by atoms with E-state index < -0.39 is 6.29 Å². The van der Waals surface area contributed by atoms with Crippen LogP contribution >= 0.6 is 0 Å². The monoisotopic (exact) mass is 450 g/mol. The molecule has 0 aliphatic carbocycles. The van der Waals surface area contributed by atoms with Crippen molar-refractivity contribution >= 4 is 0 Å². The molecule has 0 radical (unpaired) electrons. The Hall–Kier alpha value is -3.36. The summed E-state index contributed by atoms with van der Waals surface area (Å²) < 4.78 is 13.4. The van der Waals surface area contributed by atoms with E-state index in [0.29, 0.717) is 5.92 Å². The molecule has 0 fully saturated rings. The Labute approximate surface area is 204 Å². The molecule has 174 valence electrons. The molecule has 3 atom stereocenters. The van der Waals surface area contributed by atoms with Crippen molar-refractivity contribution in [3.8, 4) is 5.75 Å². The average molecular weight is 451 g/mol. The van der Waals surface area contributed by atoms with E-state index in [1.807, 2.05) is 18.2 Å². The molecule has 34 heavy (non-hydrogen) atoms. The third-order valence-electron chi connectivity index (χ3n) is 6.52. The molecule has 0 aliphatic rings. The van der Waals surface area contributed by atoms with Gasteiger partial charge in [0.2, 0.25) is 6.29 Å². The van der Waals surface area contributed by atoms with Crippen LogP contribution in [0.5, 0.6) is 5.75 Å². The summed E-state index contributed by atoms with van der Waals surface area (Å²) in [7, 11) is 0. The lowest BCUT2D eigenvalue weighted by Gasteiger charge is -2.30. The van der Waals surface area contributed by atoms with Crippen LogP contribution in [-0.2, 0) is 4.74 Å². The lowest BCUT2D eigenvalue weighted by atomic mass is 9.98. The average Bonchev–Trinajstić information content (AvgIpc) is 2.92. The summed E-state index contributed by atoms with van der Waals surface area (Å²) >= 11 is 0. The SMILES string of the molecule is CCC(C)c1ccc(OC(OC(c2ccccc2)c2ccccc2)C(C)c2ccccc2)cc1. The van der Waals surface area contributed by atoms with E-state index in [4.69, 9.17) is 9.47 Å². The van der Waals surface area contributed by atoms with Gasteiger partial charge in [0.25, 0.3) is 0 Å². The second-order valence-corrected chi connectivity index (χ2v) is 8.90. The minimum atomic E-state index is -0.470. The minimum absolute atomic E-state index is 0.0327. The lowest BCUT2D eigenvalue weighted by molar-refractivity contribution is -0.120. The van der Waals surface area contributed by atoms with E-state index in [9.17, 15) is 0 Å². The fourth-order valence-electron chi connectivity index (χ4n) is 4.15. The zero-order valence-electron chi connectivity index (χ0n) is 20.3. The molecule has 0 amide bonds. The van der Waals surface area contributed by atoms with Crippen LogP contribution in [0.25, 0.3) is 0 Å². The molecule has 0 saturated heterocycles. The Morgan fingerprint density at radius 3 is 1.50 bits per heavy atom. The summed E-state index contributed by atoms with van der Waals surface area (Å²) in [6.07, 6.45) is 0.410. The van der Waals surface area contributed by atoms with Crippen LogP contribution in [0.2, 0.25) is 0 Å². The number of benzene rings is 4. The van der Waals surface area contributed by atoms with Gasteiger partial charge in [0.05, 0.1) is 0 Å². The van der Waals surface area contributed by atoms with E-state index in [1.54, 1.807) is 0 Å². The molecule has 0 heterocycles. The van der Waals surface area contributed by atoms with E-state index in [2.05, 4.69) is 118 Å². The predicted octanol–water partition coefficient (Wildman–Crippen LogP) is 8.51. The van der Waals surface area contributed by atoms with Crippen LogP contribution in [0.3, 0.4) is 0 Å². The molecule has 2 heteroatoms. The van der Waals surface area contributed by atoms with E-state index in [1.165, 1.54) is 11.1 Å². The zero-order valence-corrected chi connectivity index (χ0v) is 20.3. The van der Waals surface area contributed by atoms with Crippen molar-refractivity contribution < 1.29 is 9.47 Å². The van der Waals surface area contributed by atoms with Crippen LogP contribution in [-0.4, -0.2) is 6.29 Å². The predicted molar refractivity (Wildman–Crippen MR) is 140 cm³/mol. The van der Waals surface area contributed by atoms with Gasteiger partial charge in [-0.25, -0.2) is 0 Å². The standard InChI is InChI=1S/C32H34O2/c1-4-24(2)26-20-22-30(23-21-26)33-32(25(3)27-14-8-5-9-15-27)34-31(28-16-10-6-11-17-28)29-18-12-7-13-19-29/h5-25,31-32H,4H2,1-3H3. The first-order chi connectivity index (χ1) is 16.7. The third-order valence-corrected chi connectivity index (χ3v) is 6.52. The maximum atomic E-state index is 6.82. The van der Waals surface area contributed by atoms with Gasteiger partial charge in [-0.05, 0) is 46.7 Å². The first-order valence-corrected chi connectivity index (χ1v) is 12.2. The van der Waals surface area contributed by atoms with Gasteiger partial charge in [-0.15, -0.1) is 0 Å². The molecule has 0 aliphatic heterocycles. The quantitative estimate of drug-likeness (QED) is 0.225. The maximum Gasteiger partial charge on any atom is 0.207 e. The van der Waals surface area contributed by atoms with Crippen LogP contribution < -0.4 is 4.74 Å². The highest BCUT2D eigenvalue weighted by Crippen LogP contribution is 2.33. The first-order valence-electron chi connectivity index (χ1n) is 12.2. The van der Waals surface area contributed by atoms with Crippen molar-refractivity contribution in [3.05, 3.63) is 138 Å².